The van der Waals surface area contributed by atoms with Crippen molar-refractivity contribution in [1.29, 1.82) is 0 Å². The highest BCUT2D eigenvalue weighted by atomic mass is 15.1. The Morgan fingerprint density at radius 2 is 0.575 bits per heavy atom. The van der Waals surface area contributed by atoms with Crippen molar-refractivity contribution in [3.63, 3.8) is 0 Å². The molecule has 5 nitrogen and oxygen atoms in total. The summed E-state index contributed by atoms with van der Waals surface area (Å²) in [6.07, 6.45) is 0. The van der Waals surface area contributed by atoms with E-state index >= 15 is 0 Å². The van der Waals surface area contributed by atoms with Gasteiger partial charge in [0.05, 0.1) is 22.1 Å². The normalized spacial score (nSPS) is 13.1. The van der Waals surface area contributed by atoms with Gasteiger partial charge in [0, 0.05) is 105 Å². The number of benzene rings is 18. The molecule has 8 aliphatic rings. The van der Waals surface area contributed by atoms with Gasteiger partial charge in [0.25, 0.3) is 0 Å². The number of para-hydroxylation sites is 7. The Morgan fingerprint density at radius 3 is 1.08 bits per heavy atom. The van der Waals surface area contributed by atoms with Crippen molar-refractivity contribution < 1.29 is 0 Å². The van der Waals surface area contributed by atoms with E-state index in [1.165, 1.54) is 237 Å². The highest BCUT2D eigenvalue weighted by molar-refractivity contribution is 7.04. The highest BCUT2D eigenvalue weighted by Gasteiger charge is 2.46. The number of hydrogen-bond acceptors (Lipinski definition) is 1. The molecule has 0 amide bonds. The lowest BCUT2D eigenvalue weighted by Crippen LogP contribution is -2.53. The van der Waals surface area contributed by atoms with E-state index in [0.29, 0.717) is 20.1 Å². The zero-order valence-electron chi connectivity index (χ0n) is 66.3. The Hall–Kier alpha value is -14.8. The number of anilines is 3. The second kappa shape index (κ2) is 24.7. The predicted octanol–water partition coefficient (Wildman–Crippen LogP) is 18.8. The molecule has 0 spiro atoms. The van der Waals surface area contributed by atoms with Crippen LogP contribution < -0.4 is 70.5 Å². The molecule has 0 bridgehead atoms. The summed E-state index contributed by atoms with van der Waals surface area (Å²) in [5.41, 5.74) is 52.0. The fourth-order valence-electron chi connectivity index (χ4n) is 23.6. The molecule has 0 atom stereocenters. The summed E-state index contributed by atoms with van der Waals surface area (Å²) in [4.78, 5) is 2.35. The Kier molecular flexibility index (Phi) is 13.6. The molecule has 0 saturated heterocycles. The quantitative estimate of drug-likeness (QED) is 0.162. The Bertz CT molecular complexity index is 8280. The fourth-order valence-corrected chi connectivity index (χ4v) is 23.6. The van der Waals surface area contributed by atoms with Crippen LogP contribution in [0.4, 0.5) is 17.1 Å². The molecule has 8 aliphatic heterocycles. The van der Waals surface area contributed by atoms with Crippen LogP contribution in [0.25, 0.3) is 154 Å². The third-order valence-electron chi connectivity index (χ3n) is 28.1. The molecule has 9 heteroatoms. The van der Waals surface area contributed by atoms with Crippen LogP contribution in [0.15, 0.2) is 376 Å². The van der Waals surface area contributed by atoms with E-state index in [1.54, 1.807) is 0 Å². The number of aryl methyl sites for hydroxylation is 3. The second-order valence-corrected chi connectivity index (χ2v) is 34.0. The average Bonchev–Trinajstić information content (AvgIpc) is 1.55. The maximum atomic E-state index is 2.51. The van der Waals surface area contributed by atoms with E-state index in [4.69, 9.17) is 0 Å². The molecule has 18 aromatic carbocycles. The molecule has 552 valence electrons. The second-order valence-electron chi connectivity index (χ2n) is 34.0. The standard InChI is InChI=1S/C36H23BN2.3C25H16BN/c1-3-11-24(12-4-1)38(25-13-5-2-6-14-25)26-19-22-33-30(23-26)29-21-20-28-27-15-7-8-16-31(27)37-32-17-9-10-18-34(32)39(33)36(29)35(28)37;1-15-14-18-16-8-3-6-12-21(16)27-22-13-7-5-11-20(22)26-19-10-4-2-9-17(19)23(15)24(26)25(18)27;1-15-7-6-12-22-23(15)18-14-13-17-16-8-2-3-9-19(16)26-20-10-4-5-11-21(20)27(22)25(18)24(17)26;1-15-10-13-22-19(14-15)18-12-11-17-16-6-2-3-7-20(16)26-21-8-4-5-9-23(21)27(22)25(18)24(17)26/h1-23H;3*2-14H,1H3. The van der Waals surface area contributed by atoms with E-state index in [9.17, 15) is 0 Å². The first kappa shape index (κ1) is 66.4. The molecule has 4 aromatic heterocycles. The monoisotopic (exact) mass is 1520 g/mol. The molecule has 0 radical (unpaired) electrons. The Morgan fingerprint density at radius 1 is 0.208 bits per heavy atom. The SMILES string of the molecule is Cc1cc2c3ccccc3n3c2c2c1-c1ccccc1B2c1ccccc1-3.Cc1ccc2c(c1)c1ccc3c4c1n2-c1ccccc1B4c1ccccc1-3.Cc1cccc2c1c1ccc3c4c1n2-c1ccccc1B4c1ccccc1-3.c1ccc(N(c2ccccc2)c2ccc3c(c2)c2ccc4c5c2n3-c2ccccc2B5c2ccccc2-4)cc1. The molecule has 12 heterocycles. The largest absolute Gasteiger partial charge is 0.310 e. The van der Waals surface area contributed by atoms with Crippen LogP contribution in [-0.4, -0.2) is 45.1 Å². The van der Waals surface area contributed by atoms with Crippen molar-refractivity contribution in [1.82, 2.24) is 18.3 Å². The molecule has 0 aliphatic carbocycles. The maximum absolute atomic E-state index is 2.51. The van der Waals surface area contributed by atoms with E-state index in [-0.39, 0.29) is 6.71 Å². The lowest BCUT2D eigenvalue weighted by Gasteiger charge is -2.26. The van der Waals surface area contributed by atoms with Crippen molar-refractivity contribution >= 4 is 197 Å². The minimum Gasteiger partial charge on any atom is -0.310 e. The van der Waals surface area contributed by atoms with Gasteiger partial charge in [0.15, 0.2) is 0 Å². The van der Waals surface area contributed by atoms with Crippen molar-refractivity contribution in [2.24, 2.45) is 0 Å². The lowest BCUT2D eigenvalue weighted by molar-refractivity contribution is 1.19. The first-order chi connectivity index (χ1) is 59.4. The molecule has 30 rings (SSSR count). The summed E-state index contributed by atoms with van der Waals surface area (Å²) in [7, 11) is 0. The first-order valence-corrected chi connectivity index (χ1v) is 42.4. The lowest BCUT2D eigenvalue weighted by atomic mass is 9.37. The van der Waals surface area contributed by atoms with Gasteiger partial charge in [0.2, 0.25) is 26.9 Å². The molecular formula is C111H71B4N5. The smallest absolute Gasteiger partial charge is 0.248 e. The zero-order chi connectivity index (χ0) is 78.6. The topological polar surface area (TPSA) is 23.0 Å². The predicted molar refractivity (Wildman–Crippen MR) is 512 cm³/mol. The van der Waals surface area contributed by atoms with Crippen LogP contribution in [0.5, 0.6) is 0 Å². The van der Waals surface area contributed by atoms with E-state index in [2.05, 4.69) is 420 Å². The van der Waals surface area contributed by atoms with Crippen LogP contribution in [-0.2, 0) is 0 Å². The van der Waals surface area contributed by atoms with Crippen LogP contribution >= 0.6 is 0 Å². The number of aromatic nitrogens is 4. The first-order valence-electron chi connectivity index (χ1n) is 42.4. The van der Waals surface area contributed by atoms with Crippen LogP contribution in [0, 0.1) is 20.8 Å². The van der Waals surface area contributed by atoms with E-state index in [0.717, 1.165) is 17.1 Å². The summed E-state index contributed by atoms with van der Waals surface area (Å²) in [6.45, 7) is 7.99. The zero-order valence-corrected chi connectivity index (χ0v) is 66.3. The van der Waals surface area contributed by atoms with E-state index < -0.39 is 0 Å². The third kappa shape index (κ3) is 8.74. The van der Waals surface area contributed by atoms with Crippen LogP contribution in [0.2, 0.25) is 0 Å². The number of fused-ring (bicyclic) bond motifs is 36. The number of nitrogens with zero attached hydrogens (tertiary/aromatic N) is 5. The minimum absolute atomic E-state index is 0.275. The molecule has 0 unspecified atom stereocenters. The van der Waals surface area contributed by atoms with Gasteiger partial charge in [0.1, 0.15) is 0 Å². The average molecular weight is 1520 g/mol. The van der Waals surface area contributed by atoms with Gasteiger partial charge >= 0.3 is 0 Å². The summed E-state index contributed by atoms with van der Waals surface area (Å²) in [5.74, 6) is 0. The van der Waals surface area contributed by atoms with Crippen LogP contribution in [0.1, 0.15) is 16.7 Å². The van der Waals surface area contributed by atoms with Crippen molar-refractivity contribution in [2.75, 3.05) is 4.90 Å². The molecule has 120 heavy (non-hydrogen) atoms. The summed E-state index contributed by atoms with van der Waals surface area (Å²) < 4.78 is 10.0. The minimum atomic E-state index is 0.275. The van der Waals surface area contributed by atoms with Gasteiger partial charge in [-0.1, -0.05) is 306 Å². The maximum Gasteiger partial charge on any atom is 0.248 e. The van der Waals surface area contributed by atoms with Crippen molar-refractivity contribution in [3.8, 4) is 67.3 Å². The Balaban J connectivity index is 0.0000000858. The molecule has 0 saturated carbocycles. The molecular weight excluding hydrogens is 1450 g/mol. The summed E-state index contributed by atoms with van der Waals surface area (Å²) in [6, 6.07) is 139. The molecule has 22 aromatic rings. The summed E-state index contributed by atoms with van der Waals surface area (Å²) >= 11 is 0. The third-order valence-corrected chi connectivity index (χ3v) is 28.1. The van der Waals surface area contributed by atoms with Crippen molar-refractivity contribution in [3.05, 3.63) is 393 Å². The van der Waals surface area contributed by atoms with Gasteiger partial charge in [-0.2, -0.15) is 0 Å². The van der Waals surface area contributed by atoms with Crippen LogP contribution in [0.3, 0.4) is 0 Å². The Labute approximate surface area is 695 Å². The van der Waals surface area contributed by atoms with Gasteiger partial charge in [-0.25, -0.2) is 0 Å². The molecule has 0 N–H and O–H groups in total. The van der Waals surface area contributed by atoms with Crippen molar-refractivity contribution in [2.45, 2.75) is 20.8 Å². The van der Waals surface area contributed by atoms with E-state index in [1.807, 2.05) is 0 Å². The fraction of sp³-hybridized carbons (Fsp3) is 0.0270. The summed E-state index contributed by atoms with van der Waals surface area (Å²) in [5, 5.41) is 10.8. The highest BCUT2D eigenvalue weighted by Crippen LogP contribution is 2.46. The van der Waals surface area contributed by atoms with Gasteiger partial charge in [-0.3, -0.25) is 0 Å². The number of rotatable bonds is 3. The van der Waals surface area contributed by atoms with Gasteiger partial charge < -0.3 is 23.2 Å². The van der Waals surface area contributed by atoms with Gasteiger partial charge in [-0.05, 0) is 217 Å². The molecule has 0 fully saturated rings. The van der Waals surface area contributed by atoms with Gasteiger partial charge in [-0.15, -0.1) is 0 Å². The number of hydrogen-bond donors (Lipinski definition) is 0.